The second kappa shape index (κ2) is 3.29. The molecule has 0 spiro atoms. The monoisotopic (exact) mass is 197 g/mol. The lowest BCUT2D eigenvalue weighted by Crippen LogP contribution is -1.90. The van der Waals surface area contributed by atoms with Crippen molar-refractivity contribution in [1.82, 2.24) is 4.98 Å². The zero-order valence-corrected chi connectivity index (χ0v) is 7.10. The largest absolute Gasteiger partial charge is 0.250 e. The number of halogens is 3. The Hall–Kier alpha value is -1.58. The predicted molar refractivity (Wildman–Crippen MR) is 46.5 cm³/mol. The minimum atomic E-state index is -0.742. The van der Waals surface area contributed by atoms with Crippen molar-refractivity contribution in [3.05, 3.63) is 41.6 Å². The standard InChI is InChI=1S/C10H6F3N/c11-5-7-1-2-8-9(13)3-6(12)4-10(8)14-7/h1-4H,5H2. The minimum Gasteiger partial charge on any atom is -0.250 e. The van der Waals surface area contributed by atoms with Crippen molar-refractivity contribution in [2.24, 2.45) is 0 Å². The molecule has 0 radical (unpaired) electrons. The number of benzene rings is 1. The summed E-state index contributed by atoms with van der Waals surface area (Å²) in [7, 11) is 0. The van der Waals surface area contributed by atoms with Gasteiger partial charge in [-0.3, -0.25) is 0 Å². The van der Waals surface area contributed by atoms with Gasteiger partial charge in [0.25, 0.3) is 0 Å². The summed E-state index contributed by atoms with van der Waals surface area (Å²) in [5, 5.41) is 0.198. The SMILES string of the molecule is FCc1ccc2c(F)cc(F)cc2n1. The van der Waals surface area contributed by atoms with E-state index in [-0.39, 0.29) is 16.6 Å². The van der Waals surface area contributed by atoms with Gasteiger partial charge in [-0.1, -0.05) is 0 Å². The fourth-order valence-corrected chi connectivity index (χ4v) is 1.27. The lowest BCUT2D eigenvalue weighted by Gasteiger charge is -2.00. The average molecular weight is 197 g/mol. The highest BCUT2D eigenvalue weighted by Crippen LogP contribution is 2.18. The first-order valence-corrected chi connectivity index (χ1v) is 4.01. The maximum atomic E-state index is 13.1. The molecule has 0 saturated carbocycles. The first kappa shape index (κ1) is 8.99. The molecule has 0 unspecified atom stereocenters. The van der Waals surface area contributed by atoms with E-state index in [1.54, 1.807) is 0 Å². The number of hydrogen-bond acceptors (Lipinski definition) is 1. The van der Waals surface area contributed by atoms with E-state index in [1.807, 2.05) is 0 Å². The quantitative estimate of drug-likeness (QED) is 0.684. The molecule has 1 aromatic carbocycles. The number of rotatable bonds is 1. The molecule has 0 N–H and O–H groups in total. The Balaban J connectivity index is 2.75. The molecule has 0 atom stereocenters. The predicted octanol–water partition coefficient (Wildman–Crippen LogP) is 2.98. The van der Waals surface area contributed by atoms with E-state index in [9.17, 15) is 13.2 Å². The molecule has 72 valence electrons. The Morgan fingerprint density at radius 1 is 1.14 bits per heavy atom. The summed E-state index contributed by atoms with van der Waals surface area (Å²) >= 11 is 0. The topological polar surface area (TPSA) is 12.9 Å². The van der Waals surface area contributed by atoms with Crippen LogP contribution in [-0.4, -0.2) is 4.98 Å². The molecule has 4 heteroatoms. The van der Waals surface area contributed by atoms with Gasteiger partial charge in [0.05, 0.1) is 11.2 Å². The third-order valence-corrected chi connectivity index (χ3v) is 1.92. The molecular formula is C10H6F3N. The average Bonchev–Trinajstić information content (AvgIpc) is 2.16. The Labute approximate surface area is 78.2 Å². The van der Waals surface area contributed by atoms with Gasteiger partial charge in [-0.15, -0.1) is 0 Å². The molecule has 0 saturated heterocycles. The fourth-order valence-electron chi connectivity index (χ4n) is 1.27. The molecule has 2 aromatic rings. The summed E-state index contributed by atoms with van der Waals surface area (Å²) in [6.45, 7) is -0.742. The van der Waals surface area contributed by atoms with Crippen LogP contribution in [-0.2, 0) is 6.67 Å². The summed E-state index contributed by atoms with van der Waals surface area (Å²) in [5.41, 5.74) is 0.306. The molecule has 0 aliphatic rings. The van der Waals surface area contributed by atoms with Crippen LogP contribution < -0.4 is 0 Å². The molecule has 14 heavy (non-hydrogen) atoms. The van der Waals surface area contributed by atoms with Crippen LogP contribution in [0.4, 0.5) is 13.2 Å². The maximum Gasteiger partial charge on any atom is 0.135 e. The molecule has 1 nitrogen and oxygen atoms in total. The summed E-state index contributed by atoms with van der Waals surface area (Å²) in [4.78, 5) is 3.76. The number of pyridine rings is 1. The van der Waals surface area contributed by atoms with Gasteiger partial charge in [0, 0.05) is 17.5 Å². The molecule has 0 amide bonds. The minimum absolute atomic E-state index is 0.137. The summed E-state index contributed by atoms with van der Waals surface area (Å²) in [6, 6.07) is 4.63. The fraction of sp³-hybridized carbons (Fsp3) is 0.100. The van der Waals surface area contributed by atoms with Gasteiger partial charge in [-0.25, -0.2) is 18.2 Å². The van der Waals surface area contributed by atoms with Crippen molar-refractivity contribution in [2.75, 3.05) is 0 Å². The van der Waals surface area contributed by atoms with Gasteiger partial charge in [-0.2, -0.15) is 0 Å². The molecule has 2 rings (SSSR count). The van der Waals surface area contributed by atoms with Crippen LogP contribution in [0.15, 0.2) is 24.3 Å². The van der Waals surface area contributed by atoms with Crippen LogP contribution in [0, 0.1) is 11.6 Å². The zero-order chi connectivity index (χ0) is 10.1. The van der Waals surface area contributed by atoms with Crippen molar-refractivity contribution in [1.29, 1.82) is 0 Å². The first-order chi connectivity index (χ1) is 6.70. The molecule has 0 bridgehead atoms. The van der Waals surface area contributed by atoms with Crippen molar-refractivity contribution in [2.45, 2.75) is 6.67 Å². The molecule has 0 fully saturated rings. The van der Waals surface area contributed by atoms with E-state index in [4.69, 9.17) is 0 Å². The number of fused-ring (bicyclic) bond motifs is 1. The number of nitrogens with zero attached hydrogens (tertiary/aromatic N) is 1. The normalized spacial score (nSPS) is 10.8. The van der Waals surface area contributed by atoms with E-state index in [2.05, 4.69) is 4.98 Å². The van der Waals surface area contributed by atoms with Gasteiger partial charge in [0.15, 0.2) is 0 Å². The Bertz CT molecular complexity index is 482. The van der Waals surface area contributed by atoms with Gasteiger partial charge < -0.3 is 0 Å². The van der Waals surface area contributed by atoms with Crippen molar-refractivity contribution < 1.29 is 13.2 Å². The highest BCUT2D eigenvalue weighted by atomic mass is 19.1. The van der Waals surface area contributed by atoms with E-state index in [1.165, 1.54) is 12.1 Å². The summed E-state index contributed by atoms with van der Waals surface area (Å²) in [5.74, 6) is -1.39. The van der Waals surface area contributed by atoms with Crippen LogP contribution in [0.3, 0.4) is 0 Å². The lowest BCUT2D eigenvalue weighted by atomic mass is 10.2. The second-order valence-electron chi connectivity index (χ2n) is 2.89. The van der Waals surface area contributed by atoms with Crippen LogP contribution in [0.1, 0.15) is 5.69 Å². The van der Waals surface area contributed by atoms with Gasteiger partial charge >= 0.3 is 0 Å². The molecular weight excluding hydrogens is 191 g/mol. The van der Waals surface area contributed by atoms with Crippen molar-refractivity contribution in [3.63, 3.8) is 0 Å². The molecule has 1 aromatic heterocycles. The van der Waals surface area contributed by atoms with Gasteiger partial charge in [0.2, 0.25) is 0 Å². The third kappa shape index (κ3) is 1.43. The number of aromatic nitrogens is 1. The Kier molecular flexibility index (Phi) is 2.11. The van der Waals surface area contributed by atoms with Crippen LogP contribution in [0.25, 0.3) is 10.9 Å². The smallest absolute Gasteiger partial charge is 0.135 e. The van der Waals surface area contributed by atoms with Gasteiger partial charge in [0.1, 0.15) is 18.3 Å². The summed E-state index contributed by atoms with van der Waals surface area (Å²) in [6.07, 6.45) is 0. The van der Waals surface area contributed by atoms with E-state index < -0.39 is 18.3 Å². The Morgan fingerprint density at radius 2 is 1.93 bits per heavy atom. The van der Waals surface area contributed by atoms with E-state index in [0.717, 1.165) is 12.1 Å². The van der Waals surface area contributed by atoms with Crippen molar-refractivity contribution >= 4 is 10.9 Å². The third-order valence-electron chi connectivity index (χ3n) is 1.92. The Morgan fingerprint density at radius 3 is 2.64 bits per heavy atom. The van der Waals surface area contributed by atoms with Crippen LogP contribution >= 0.6 is 0 Å². The highest BCUT2D eigenvalue weighted by molar-refractivity contribution is 5.79. The van der Waals surface area contributed by atoms with Crippen LogP contribution in [0.5, 0.6) is 0 Å². The van der Waals surface area contributed by atoms with Crippen molar-refractivity contribution in [3.8, 4) is 0 Å². The van der Waals surface area contributed by atoms with E-state index in [0.29, 0.717) is 0 Å². The maximum absolute atomic E-state index is 13.1. The summed E-state index contributed by atoms with van der Waals surface area (Å²) < 4.78 is 38.1. The number of hydrogen-bond donors (Lipinski definition) is 0. The first-order valence-electron chi connectivity index (χ1n) is 4.01. The highest BCUT2D eigenvalue weighted by Gasteiger charge is 2.05. The molecule has 0 aliphatic heterocycles. The molecule has 1 heterocycles. The lowest BCUT2D eigenvalue weighted by molar-refractivity contribution is 0.477. The van der Waals surface area contributed by atoms with Crippen LogP contribution in [0.2, 0.25) is 0 Å². The van der Waals surface area contributed by atoms with E-state index >= 15 is 0 Å². The molecule has 0 aliphatic carbocycles. The zero-order valence-electron chi connectivity index (χ0n) is 7.10. The van der Waals surface area contributed by atoms with Gasteiger partial charge in [-0.05, 0) is 12.1 Å². The second-order valence-corrected chi connectivity index (χ2v) is 2.89. The number of alkyl halides is 1.